The maximum atomic E-state index is 10.9. The van der Waals surface area contributed by atoms with Crippen LogP contribution in [0.25, 0.3) is 0 Å². The molecule has 1 unspecified atom stereocenters. The molecule has 0 aromatic rings. The van der Waals surface area contributed by atoms with Gasteiger partial charge in [0, 0.05) is 0 Å². The van der Waals surface area contributed by atoms with Crippen LogP contribution in [0.4, 0.5) is 0 Å². The molecule has 0 bridgehead atoms. The number of carbonyl (C=O) groups is 1. The second kappa shape index (κ2) is 5.11. The Morgan fingerprint density at radius 2 is 2.42 bits per heavy atom. The molecule has 4 nitrogen and oxygen atoms in total. The summed E-state index contributed by atoms with van der Waals surface area (Å²) >= 11 is 0. The Hall–Kier alpha value is -0.610. The summed E-state index contributed by atoms with van der Waals surface area (Å²) in [6.45, 7) is 0.780. The van der Waals surface area contributed by atoms with Crippen molar-refractivity contribution in [2.45, 2.75) is 31.9 Å². The van der Waals surface area contributed by atoms with Crippen LogP contribution in [0.5, 0.6) is 0 Å². The van der Waals surface area contributed by atoms with Crippen molar-refractivity contribution >= 4 is 5.97 Å². The third-order valence-corrected chi connectivity index (χ3v) is 1.85. The van der Waals surface area contributed by atoms with E-state index in [1.54, 1.807) is 0 Å². The molecule has 0 amide bonds. The standard InChI is InChI=1S/C8H15NO3/c10-6-4-8(11)12-7-3-1-2-5-9-7/h7,9-10H,1-6H2. The molecule has 12 heavy (non-hydrogen) atoms. The van der Waals surface area contributed by atoms with E-state index in [2.05, 4.69) is 5.32 Å². The topological polar surface area (TPSA) is 58.6 Å². The summed E-state index contributed by atoms with van der Waals surface area (Å²) in [5.41, 5.74) is 0. The van der Waals surface area contributed by atoms with Gasteiger partial charge < -0.3 is 9.84 Å². The Kier molecular flexibility index (Phi) is 4.04. The van der Waals surface area contributed by atoms with E-state index in [4.69, 9.17) is 9.84 Å². The first-order valence-corrected chi connectivity index (χ1v) is 4.36. The molecule has 0 radical (unpaired) electrons. The fraction of sp³-hybridized carbons (Fsp3) is 0.875. The van der Waals surface area contributed by atoms with Crippen LogP contribution in [0.15, 0.2) is 0 Å². The van der Waals surface area contributed by atoms with Crippen LogP contribution in [0.2, 0.25) is 0 Å². The number of hydrogen-bond acceptors (Lipinski definition) is 4. The second-order valence-corrected chi connectivity index (χ2v) is 2.90. The minimum atomic E-state index is -0.322. The average Bonchev–Trinajstić information content (AvgIpc) is 2.06. The molecule has 1 atom stereocenters. The Morgan fingerprint density at radius 3 is 3.00 bits per heavy atom. The van der Waals surface area contributed by atoms with Gasteiger partial charge in [0.15, 0.2) is 6.23 Å². The molecule has 1 aliphatic heterocycles. The minimum absolute atomic E-state index is 0.0954. The van der Waals surface area contributed by atoms with Gasteiger partial charge >= 0.3 is 5.97 Å². The Balaban J connectivity index is 2.15. The fourth-order valence-corrected chi connectivity index (χ4v) is 1.23. The monoisotopic (exact) mass is 173 g/mol. The number of esters is 1. The summed E-state index contributed by atoms with van der Waals surface area (Å²) in [4.78, 5) is 10.9. The fourth-order valence-electron chi connectivity index (χ4n) is 1.23. The van der Waals surface area contributed by atoms with Crippen molar-refractivity contribution in [3.8, 4) is 0 Å². The molecule has 0 aromatic heterocycles. The molecule has 0 aliphatic carbocycles. The summed E-state index contributed by atoms with van der Waals surface area (Å²) in [6.07, 6.45) is 3.10. The normalized spacial score (nSPS) is 23.6. The molecular formula is C8H15NO3. The Bertz CT molecular complexity index is 143. The number of ether oxygens (including phenoxy) is 1. The zero-order chi connectivity index (χ0) is 8.81. The van der Waals surface area contributed by atoms with Gasteiger partial charge in [-0.05, 0) is 25.8 Å². The Labute approximate surface area is 71.9 Å². The molecule has 1 aliphatic rings. The van der Waals surface area contributed by atoms with Crippen LogP contribution in [0.1, 0.15) is 25.7 Å². The number of rotatable bonds is 3. The highest BCUT2D eigenvalue weighted by atomic mass is 16.6. The van der Waals surface area contributed by atoms with Crippen molar-refractivity contribution < 1.29 is 14.6 Å². The van der Waals surface area contributed by atoms with Gasteiger partial charge in [0.2, 0.25) is 0 Å². The smallest absolute Gasteiger partial charge is 0.309 e. The van der Waals surface area contributed by atoms with E-state index in [0.717, 1.165) is 25.8 Å². The minimum Gasteiger partial charge on any atom is -0.446 e. The third kappa shape index (κ3) is 3.19. The number of aliphatic hydroxyl groups is 1. The molecule has 70 valence electrons. The number of aliphatic hydroxyl groups excluding tert-OH is 1. The van der Waals surface area contributed by atoms with E-state index in [0.29, 0.717) is 0 Å². The van der Waals surface area contributed by atoms with E-state index in [1.165, 1.54) is 0 Å². The number of hydrogen-bond donors (Lipinski definition) is 2. The van der Waals surface area contributed by atoms with E-state index in [1.807, 2.05) is 0 Å². The van der Waals surface area contributed by atoms with E-state index < -0.39 is 0 Å². The maximum absolute atomic E-state index is 10.9. The molecule has 1 saturated heterocycles. The predicted molar refractivity (Wildman–Crippen MR) is 43.4 cm³/mol. The van der Waals surface area contributed by atoms with Crippen molar-refractivity contribution in [3.63, 3.8) is 0 Å². The molecule has 0 aromatic carbocycles. The van der Waals surface area contributed by atoms with Crippen LogP contribution in [0.3, 0.4) is 0 Å². The molecule has 0 spiro atoms. The van der Waals surface area contributed by atoms with Gasteiger partial charge in [-0.1, -0.05) is 0 Å². The van der Waals surface area contributed by atoms with Crippen LogP contribution < -0.4 is 5.32 Å². The van der Waals surface area contributed by atoms with E-state index >= 15 is 0 Å². The quantitative estimate of drug-likeness (QED) is 0.590. The summed E-state index contributed by atoms with van der Waals surface area (Å²) in [5, 5.41) is 11.5. The first-order valence-electron chi connectivity index (χ1n) is 4.36. The summed E-state index contributed by atoms with van der Waals surface area (Å²) in [5.74, 6) is -0.322. The third-order valence-electron chi connectivity index (χ3n) is 1.85. The van der Waals surface area contributed by atoms with Gasteiger partial charge in [0.25, 0.3) is 0 Å². The lowest BCUT2D eigenvalue weighted by Crippen LogP contribution is -2.37. The van der Waals surface area contributed by atoms with E-state index in [9.17, 15) is 4.79 Å². The molecule has 4 heteroatoms. The van der Waals surface area contributed by atoms with Gasteiger partial charge in [-0.2, -0.15) is 0 Å². The highest BCUT2D eigenvalue weighted by Gasteiger charge is 2.15. The molecule has 0 saturated carbocycles. The number of nitrogens with one attached hydrogen (secondary N) is 1. The lowest BCUT2D eigenvalue weighted by Gasteiger charge is -2.23. The number of carbonyl (C=O) groups excluding carboxylic acids is 1. The molecule has 1 fully saturated rings. The Morgan fingerprint density at radius 1 is 1.58 bits per heavy atom. The summed E-state index contributed by atoms with van der Waals surface area (Å²) in [7, 11) is 0. The van der Waals surface area contributed by atoms with Gasteiger partial charge in [-0.25, -0.2) is 0 Å². The molecular weight excluding hydrogens is 158 g/mol. The summed E-state index contributed by atoms with van der Waals surface area (Å²) < 4.78 is 5.02. The van der Waals surface area contributed by atoms with Crippen molar-refractivity contribution in [3.05, 3.63) is 0 Å². The van der Waals surface area contributed by atoms with Crippen molar-refractivity contribution in [2.24, 2.45) is 0 Å². The SMILES string of the molecule is O=C(CCO)OC1CCCCN1. The first kappa shape index (κ1) is 9.48. The van der Waals surface area contributed by atoms with Gasteiger partial charge in [-0.15, -0.1) is 0 Å². The van der Waals surface area contributed by atoms with Crippen molar-refractivity contribution in [1.82, 2.24) is 5.32 Å². The number of piperidine rings is 1. The zero-order valence-electron chi connectivity index (χ0n) is 7.08. The zero-order valence-corrected chi connectivity index (χ0v) is 7.08. The largest absolute Gasteiger partial charge is 0.446 e. The molecule has 2 N–H and O–H groups in total. The molecule has 1 heterocycles. The van der Waals surface area contributed by atoms with Crippen LogP contribution >= 0.6 is 0 Å². The van der Waals surface area contributed by atoms with Crippen LogP contribution in [0, 0.1) is 0 Å². The van der Waals surface area contributed by atoms with Gasteiger partial charge in [0.05, 0.1) is 13.0 Å². The average molecular weight is 173 g/mol. The van der Waals surface area contributed by atoms with Crippen molar-refractivity contribution in [2.75, 3.05) is 13.2 Å². The maximum Gasteiger partial charge on any atom is 0.309 e. The van der Waals surface area contributed by atoms with Gasteiger partial charge in [0.1, 0.15) is 0 Å². The highest BCUT2D eigenvalue weighted by molar-refractivity contribution is 5.69. The second-order valence-electron chi connectivity index (χ2n) is 2.90. The van der Waals surface area contributed by atoms with Crippen molar-refractivity contribution in [1.29, 1.82) is 0 Å². The van der Waals surface area contributed by atoms with Gasteiger partial charge in [-0.3, -0.25) is 10.1 Å². The summed E-state index contributed by atoms with van der Waals surface area (Å²) in [6, 6.07) is 0. The van der Waals surface area contributed by atoms with Crippen LogP contribution in [-0.2, 0) is 9.53 Å². The lowest BCUT2D eigenvalue weighted by atomic mass is 10.1. The molecule has 1 rings (SSSR count). The lowest BCUT2D eigenvalue weighted by molar-refractivity contribution is -0.152. The first-order chi connectivity index (χ1) is 5.83. The van der Waals surface area contributed by atoms with E-state index in [-0.39, 0.29) is 25.2 Å². The predicted octanol–water partition coefficient (Wildman–Crippen LogP) is 0.0116. The van der Waals surface area contributed by atoms with Crippen LogP contribution in [-0.4, -0.2) is 30.5 Å². The highest BCUT2D eigenvalue weighted by Crippen LogP contribution is 2.08.